The van der Waals surface area contributed by atoms with Crippen LogP contribution in [0.4, 0.5) is 15.8 Å². The number of nitrogens with one attached hydrogen (secondary N) is 1. The number of hydrogen-bond donors (Lipinski definition) is 3. The monoisotopic (exact) mass is 256 g/mol. The lowest BCUT2D eigenvalue weighted by molar-refractivity contribution is 0.219. The average Bonchev–Trinajstić information content (AvgIpc) is 2.35. The van der Waals surface area contributed by atoms with Crippen molar-refractivity contribution in [1.82, 2.24) is 0 Å². The summed E-state index contributed by atoms with van der Waals surface area (Å²) in [6.45, 7) is 5.95. The Labute approximate surface area is 107 Å². The molecule has 0 aromatic heterocycles. The number of hydrogen-bond acceptors (Lipinski definition) is 4. The molecular formula is C13H21FN2O2. The van der Waals surface area contributed by atoms with Crippen molar-refractivity contribution in [3.8, 4) is 5.75 Å². The molecule has 1 atom stereocenters. The van der Waals surface area contributed by atoms with Gasteiger partial charge in [0.1, 0.15) is 0 Å². The Morgan fingerprint density at radius 3 is 2.61 bits per heavy atom. The van der Waals surface area contributed by atoms with Crippen LogP contribution in [-0.2, 0) is 0 Å². The van der Waals surface area contributed by atoms with Crippen molar-refractivity contribution in [2.75, 3.05) is 24.3 Å². The Balaban J connectivity index is 3.05. The van der Waals surface area contributed by atoms with Crippen LogP contribution in [0.2, 0.25) is 0 Å². The Morgan fingerprint density at radius 1 is 1.44 bits per heavy atom. The second-order valence-corrected chi connectivity index (χ2v) is 4.50. The van der Waals surface area contributed by atoms with Crippen molar-refractivity contribution in [1.29, 1.82) is 0 Å². The zero-order valence-electron chi connectivity index (χ0n) is 11.1. The lowest BCUT2D eigenvalue weighted by atomic mass is 9.99. The van der Waals surface area contributed by atoms with Crippen molar-refractivity contribution in [3.63, 3.8) is 0 Å². The molecular weight excluding hydrogens is 235 g/mol. The number of nitrogens with two attached hydrogens (primary N) is 1. The lowest BCUT2D eigenvalue weighted by Crippen LogP contribution is -2.38. The molecule has 0 aliphatic heterocycles. The van der Waals surface area contributed by atoms with Gasteiger partial charge >= 0.3 is 0 Å². The van der Waals surface area contributed by atoms with E-state index in [2.05, 4.69) is 5.32 Å². The van der Waals surface area contributed by atoms with E-state index in [0.717, 1.165) is 0 Å². The van der Waals surface area contributed by atoms with E-state index in [1.165, 1.54) is 12.1 Å². The molecule has 0 radical (unpaired) electrons. The van der Waals surface area contributed by atoms with Crippen LogP contribution in [0.5, 0.6) is 5.75 Å². The quantitative estimate of drug-likeness (QED) is 0.684. The fourth-order valence-electron chi connectivity index (χ4n) is 1.51. The molecule has 1 rings (SSSR count). The van der Waals surface area contributed by atoms with Crippen molar-refractivity contribution in [2.45, 2.75) is 32.7 Å². The van der Waals surface area contributed by atoms with Crippen LogP contribution < -0.4 is 15.8 Å². The first-order valence-electron chi connectivity index (χ1n) is 6.06. The normalized spacial score (nSPS) is 14.1. The summed E-state index contributed by atoms with van der Waals surface area (Å²) in [6, 6.07) is 2.75. The number of ether oxygens (including phenoxy) is 1. The maximum atomic E-state index is 13.5. The summed E-state index contributed by atoms with van der Waals surface area (Å²) in [7, 11) is 0. The molecule has 5 heteroatoms. The number of aliphatic hydroxyl groups is 1. The minimum atomic E-state index is -0.491. The summed E-state index contributed by atoms with van der Waals surface area (Å²) < 4.78 is 18.7. The van der Waals surface area contributed by atoms with E-state index in [-0.39, 0.29) is 12.4 Å². The molecule has 0 saturated carbocycles. The van der Waals surface area contributed by atoms with Crippen LogP contribution in [0.1, 0.15) is 27.2 Å². The first-order valence-corrected chi connectivity index (χ1v) is 6.06. The Morgan fingerprint density at radius 2 is 2.11 bits per heavy atom. The minimum Gasteiger partial charge on any atom is -0.491 e. The second-order valence-electron chi connectivity index (χ2n) is 4.50. The van der Waals surface area contributed by atoms with Gasteiger partial charge < -0.3 is 20.9 Å². The number of anilines is 2. The van der Waals surface area contributed by atoms with Gasteiger partial charge in [-0.25, -0.2) is 4.39 Å². The number of aliphatic hydroxyl groups excluding tert-OH is 1. The predicted octanol–water partition coefficient (Wildman–Crippen LogP) is 2.38. The summed E-state index contributed by atoms with van der Waals surface area (Å²) in [5.41, 5.74) is 6.14. The molecule has 0 aliphatic carbocycles. The molecule has 0 spiro atoms. The van der Waals surface area contributed by atoms with Gasteiger partial charge in [0.25, 0.3) is 0 Å². The highest BCUT2D eigenvalue weighted by molar-refractivity contribution is 5.69. The van der Waals surface area contributed by atoms with Gasteiger partial charge in [0.05, 0.1) is 30.1 Å². The first kappa shape index (κ1) is 14.6. The molecule has 18 heavy (non-hydrogen) atoms. The largest absolute Gasteiger partial charge is 0.491 e. The summed E-state index contributed by atoms with van der Waals surface area (Å²) in [5, 5.41) is 12.5. The molecule has 0 amide bonds. The van der Waals surface area contributed by atoms with Gasteiger partial charge in [-0.2, -0.15) is 0 Å². The standard InChI is InChI=1S/C13H21FN2O2/c1-4-13(3,8-17)16-11-7-12(18-5-2)9(14)6-10(11)15/h6-7,16-17H,4-5,8,15H2,1-3H3. The van der Waals surface area contributed by atoms with Gasteiger partial charge in [-0.15, -0.1) is 0 Å². The highest BCUT2D eigenvalue weighted by Crippen LogP contribution is 2.30. The van der Waals surface area contributed by atoms with E-state index in [9.17, 15) is 9.50 Å². The molecule has 1 aromatic rings. The highest BCUT2D eigenvalue weighted by Gasteiger charge is 2.22. The molecule has 0 saturated heterocycles. The van der Waals surface area contributed by atoms with Crippen LogP contribution in [0.3, 0.4) is 0 Å². The maximum absolute atomic E-state index is 13.5. The fourth-order valence-corrected chi connectivity index (χ4v) is 1.51. The smallest absolute Gasteiger partial charge is 0.167 e. The van der Waals surface area contributed by atoms with Crippen LogP contribution in [0.25, 0.3) is 0 Å². The van der Waals surface area contributed by atoms with Crippen molar-refractivity contribution in [2.24, 2.45) is 0 Å². The molecule has 4 nitrogen and oxygen atoms in total. The van der Waals surface area contributed by atoms with Gasteiger partial charge in [-0.05, 0) is 20.3 Å². The molecule has 102 valence electrons. The van der Waals surface area contributed by atoms with E-state index >= 15 is 0 Å². The molecule has 4 N–H and O–H groups in total. The maximum Gasteiger partial charge on any atom is 0.167 e. The van der Waals surface area contributed by atoms with Crippen molar-refractivity contribution >= 4 is 11.4 Å². The topological polar surface area (TPSA) is 67.5 Å². The molecule has 1 aromatic carbocycles. The summed E-state index contributed by atoms with van der Waals surface area (Å²) in [5.74, 6) is -0.326. The average molecular weight is 256 g/mol. The van der Waals surface area contributed by atoms with Gasteiger partial charge in [0.15, 0.2) is 11.6 Å². The summed E-state index contributed by atoms with van der Waals surface area (Å²) in [4.78, 5) is 0. The summed E-state index contributed by atoms with van der Waals surface area (Å²) >= 11 is 0. The van der Waals surface area contributed by atoms with E-state index < -0.39 is 11.4 Å². The number of halogens is 1. The SMILES string of the molecule is CCOc1cc(NC(C)(CC)CO)c(N)cc1F. The fraction of sp³-hybridized carbons (Fsp3) is 0.538. The van der Waals surface area contributed by atoms with Crippen LogP contribution in [0, 0.1) is 5.82 Å². The van der Waals surface area contributed by atoms with E-state index in [1.807, 2.05) is 13.8 Å². The molecule has 0 bridgehead atoms. The van der Waals surface area contributed by atoms with Gasteiger partial charge in [0, 0.05) is 12.1 Å². The number of rotatable bonds is 6. The van der Waals surface area contributed by atoms with Crippen LogP contribution in [-0.4, -0.2) is 23.9 Å². The molecule has 0 fully saturated rings. The highest BCUT2D eigenvalue weighted by atomic mass is 19.1. The number of nitrogen functional groups attached to an aromatic ring is 1. The Hall–Kier alpha value is -1.49. The number of benzene rings is 1. The third-order valence-corrected chi connectivity index (χ3v) is 2.97. The van der Waals surface area contributed by atoms with E-state index in [1.54, 1.807) is 6.92 Å². The Bertz CT molecular complexity index is 406. The van der Waals surface area contributed by atoms with Crippen molar-refractivity contribution in [3.05, 3.63) is 17.9 Å². The van der Waals surface area contributed by atoms with Gasteiger partial charge in [-0.1, -0.05) is 6.92 Å². The second kappa shape index (κ2) is 5.91. The zero-order valence-corrected chi connectivity index (χ0v) is 11.1. The third kappa shape index (κ3) is 3.26. The minimum absolute atomic E-state index is 0.0374. The molecule has 0 heterocycles. The predicted molar refractivity (Wildman–Crippen MR) is 71.4 cm³/mol. The summed E-state index contributed by atoms with van der Waals surface area (Å²) in [6.07, 6.45) is 0.713. The Kier molecular flexibility index (Phi) is 4.78. The zero-order chi connectivity index (χ0) is 13.8. The van der Waals surface area contributed by atoms with E-state index in [0.29, 0.717) is 24.4 Å². The van der Waals surface area contributed by atoms with Gasteiger partial charge in [-0.3, -0.25) is 0 Å². The van der Waals surface area contributed by atoms with Gasteiger partial charge in [0.2, 0.25) is 0 Å². The van der Waals surface area contributed by atoms with E-state index in [4.69, 9.17) is 10.5 Å². The van der Waals surface area contributed by atoms with Crippen LogP contribution in [0.15, 0.2) is 12.1 Å². The lowest BCUT2D eigenvalue weighted by Gasteiger charge is -2.29. The third-order valence-electron chi connectivity index (χ3n) is 2.97. The first-order chi connectivity index (χ1) is 8.45. The van der Waals surface area contributed by atoms with Crippen molar-refractivity contribution < 1.29 is 14.2 Å². The molecule has 0 aliphatic rings. The van der Waals surface area contributed by atoms with Crippen LogP contribution >= 0.6 is 0 Å². The molecule has 1 unspecified atom stereocenters.